The predicted octanol–water partition coefficient (Wildman–Crippen LogP) is 6.61. The number of ether oxygens (including phenoxy) is 2. The van der Waals surface area contributed by atoms with Crippen LogP contribution in [0, 0.1) is 0 Å². The van der Waals surface area contributed by atoms with Gasteiger partial charge in [-0.1, -0.05) is 49.7 Å². The van der Waals surface area contributed by atoms with Crippen LogP contribution in [0.15, 0.2) is 78.9 Å². The molecule has 2 heterocycles. The van der Waals surface area contributed by atoms with Crippen LogP contribution in [-0.2, 0) is 0 Å². The average molecular weight is 478 g/mol. The fourth-order valence-electron chi connectivity index (χ4n) is 4.26. The molecule has 1 fully saturated rings. The van der Waals surface area contributed by atoms with Gasteiger partial charge in [0.05, 0.1) is 6.61 Å². The van der Waals surface area contributed by atoms with Crippen LogP contribution in [0.4, 0.5) is 0 Å². The van der Waals surface area contributed by atoms with Crippen molar-refractivity contribution in [2.45, 2.75) is 51.6 Å². The first-order chi connectivity index (χ1) is 17.0. The van der Waals surface area contributed by atoms with Gasteiger partial charge in [0.1, 0.15) is 29.1 Å². The largest absolute Gasteiger partial charge is 0.508 e. The average Bonchev–Trinajstić information content (AvgIpc) is 2.87. The second-order valence-corrected chi connectivity index (χ2v) is 9.20. The molecule has 3 aromatic rings. The Balaban J connectivity index is 0.000000158. The number of likely N-dealkylation sites (tertiary alicyclic amines) is 1. The van der Waals surface area contributed by atoms with Crippen LogP contribution in [0.5, 0.6) is 23.0 Å². The molecule has 35 heavy (non-hydrogen) atoms. The molecule has 5 heteroatoms. The summed E-state index contributed by atoms with van der Waals surface area (Å²) >= 11 is 0. The van der Waals surface area contributed by atoms with E-state index >= 15 is 0 Å². The van der Waals surface area contributed by atoms with Crippen molar-refractivity contribution in [1.82, 2.24) is 4.90 Å². The summed E-state index contributed by atoms with van der Waals surface area (Å²) in [5.41, 5.74) is 1.13. The van der Waals surface area contributed by atoms with Crippen molar-refractivity contribution in [3.05, 3.63) is 84.4 Å². The number of phenolic OH excluding ortho intramolecular Hbond substituents is 2. The van der Waals surface area contributed by atoms with E-state index < -0.39 is 0 Å². The van der Waals surface area contributed by atoms with Crippen LogP contribution < -0.4 is 9.47 Å². The Hall–Kier alpha value is -3.18. The number of nitrogens with zero attached hydrogens (tertiary/aromatic N) is 1. The molecule has 0 unspecified atom stereocenters. The number of hydrogen-bond acceptors (Lipinski definition) is 5. The lowest BCUT2D eigenvalue weighted by atomic mass is 9.95. The van der Waals surface area contributed by atoms with Crippen LogP contribution in [0.2, 0.25) is 0 Å². The van der Waals surface area contributed by atoms with E-state index in [0.29, 0.717) is 17.4 Å². The van der Waals surface area contributed by atoms with E-state index in [4.69, 9.17) is 14.6 Å². The van der Waals surface area contributed by atoms with E-state index in [9.17, 15) is 5.11 Å². The molecule has 0 aromatic heterocycles. The van der Waals surface area contributed by atoms with Crippen molar-refractivity contribution in [3.63, 3.8) is 0 Å². The lowest BCUT2D eigenvalue weighted by molar-refractivity contribution is 0.130. The summed E-state index contributed by atoms with van der Waals surface area (Å²) in [7, 11) is 0. The Morgan fingerprint density at radius 1 is 0.886 bits per heavy atom. The lowest BCUT2D eigenvalue weighted by Crippen LogP contribution is -2.37. The maximum atomic E-state index is 9.25. The number of benzene rings is 3. The molecule has 0 spiro atoms. The minimum Gasteiger partial charge on any atom is -0.508 e. The van der Waals surface area contributed by atoms with Crippen molar-refractivity contribution < 1.29 is 19.7 Å². The summed E-state index contributed by atoms with van der Waals surface area (Å²) in [6, 6.07) is 24.1. The van der Waals surface area contributed by atoms with E-state index in [-0.39, 0.29) is 6.10 Å². The molecule has 5 rings (SSSR count). The first-order valence-electron chi connectivity index (χ1n) is 12.6. The highest BCUT2D eigenvalue weighted by Gasteiger charge is 2.17. The Morgan fingerprint density at radius 2 is 1.54 bits per heavy atom. The monoisotopic (exact) mass is 477 g/mol. The van der Waals surface area contributed by atoms with Crippen LogP contribution >= 0.6 is 0 Å². The third-order valence-corrected chi connectivity index (χ3v) is 6.13. The fraction of sp³-hybridized carbons (Fsp3) is 0.400. The molecule has 5 nitrogen and oxygen atoms in total. The van der Waals surface area contributed by atoms with Crippen molar-refractivity contribution in [2.24, 2.45) is 0 Å². The van der Waals surface area contributed by atoms with Crippen molar-refractivity contribution in [2.75, 3.05) is 26.2 Å². The SMILES string of the molecule is C[C@H](CN1CCCCC1)Oc1ccccc1.C[C@H]1CCOc2ccc(O)cc21.Oc1ccccc1. The van der Waals surface area contributed by atoms with E-state index in [1.165, 1.54) is 32.4 Å². The molecular formula is C30H39NO4. The zero-order chi connectivity index (χ0) is 24.9. The van der Waals surface area contributed by atoms with Gasteiger partial charge in [0.25, 0.3) is 0 Å². The molecule has 0 radical (unpaired) electrons. The molecule has 0 amide bonds. The molecule has 2 aliphatic heterocycles. The zero-order valence-electron chi connectivity index (χ0n) is 21.0. The van der Waals surface area contributed by atoms with E-state index in [1.807, 2.05) is 42.5 Å². The second-order valence-electron chi connectivity index (χ2n) is 9.20. The van der Waals surface area contributed by atoms with Gasteiger partial charge in [0, 0.05) is 12.1 Å². The summed E-state index contributed by atoms with van der Waals surface area (Å²) in [5, 5.41) is 17.9. The predicted molar refractivity (Wildman–Crippen MR) is 142 cm³/mol. The molecule has 0 saturated carbocycles. The quantitative estimate of drug-likeness (QED) is 0.443. The molecule has 188 valence electrons. The highest BCUT2D eigenvalue weighted by atomic mass is 16.5. The van der Waals surface area contributed by atoms with E-state index in [2.05, 4.69) is 18.7 Å². The third kappa shape index (κ3) is 9.53. The highest BCUT2D eigenvalue weighted by Crippen LogP contribution is 2.35. The lowest BCUT2D eigenvalue weighted by Gasteiger charge is -2.29. The summed E-state index contributed by atoms with van der Waals surface area (Å²) < 4.78 is 11.3. The van der Waals surface area contributed by atoms with Gasteiger partial charge in [-0.05, 0) is 87.7 Å². The van der Waals surface area contributed by atoms with Crippen molar-refractivity contribution >= 4 is 0 Å². The number of aromatic hydroxyl groups is 2. The van der Waals surface area contributed by atoms with Crippen LogP contribution in [0.25, 0.3) is 0 Å². The van der Waals surface area contributed by atoms with Gasteiger partial charge in [-0.2, -0.15) is 0 Å². The van der Waals surface area contributed by atoms with Crippen LogP contribution in [0.1, 0.15) is 51.0 Å². The normalized spacial score (nSPS) is 17.8. The first kappa shape index (κ1) is 26.4. The summed E-state index contributed by atoms with van der Waals surface area (Å²) in [4.78, 5) is 2.51. The number of fused-ring (bicyclic) bond motifs is 1. The number of para-hydroxylation sites is 2. The smallest absolute Gasteiger partial charge is 0.123 e. The Morgan fingerprint density at radius 3 is 2.17 bits per heavy atom. The van der Waals surface area contributed by atoms with E-state index in [1.54, 1.807) is 36.4 Å². The van der Waals surface area contributed by atoms with Gasteiger partial charge in [0.15, 0.2) is 0 Å². The van der Waals surface area contributed by atoms with Gasteiger partial charge < -0.3 is 19.7 Å². The third-order valence-electron chi connectivity index (χ3n) is 6.13. The molecule has 3 aromatic carbocycles. The summed E-state index contributed by atoms with van der Waals surface area (Å²) in [6.45, 7) is 8.63. The standard InChI is InChI=1S/C14H21NO.C10H12O2.C6H6O/c1-13(12-15-10-6-3-7-11-15)16-14-8-4-2-5-9-14;1-7-4-5-12-10-3-2-8(11)6-9(7)10;7-6-4-2-1-3-5-6/h2,4-5,8-9,13H,3,6-7,10-12H2,1H3;2-3,6-7,11H,4-5H2,1H3;1-5,7H/t13-;7-;/m10./s1. The number of hydrogen-bond donors (Lipinski definition) is 2. The maximum Gasteiger partial charge on any atom is 0.123 e. The van der Waals surface area contributed by atoms with Crippen LogP contribution in [0.3, 0.4) is 0 Å². The van der Waals surface area contributed by atoms with Gasteiger partial charge in [-0.3, -0.25) is 4.90 Å². The second kappa shape index (κ2) is 14.3. The minimum absolute atomic E-state index is 0.278. The first-order valence-corrected chi connectivity index (χ1v) is 12.6. The zero-order valence-corrected chi connectivity index (χ0v) is 21.0. The molecule has 2 aliphatic rings. The molecular weight excluding hydrogens is 438 g/mol. The summed E-state index contributed by atoms with van der Waals surface area (Å²) in [6.07, 6.45) is 5.40. The highest BCUT2D eigenvalue weighted by molar-refractivity contribution is 5.42. The van der Waals surface area contributed by atoms with Gasteiger partial charge in [-0.15, -0.1) is 0 Å². The Bertz CT molecular complexity index is 974. The topological polar surface area (TPSA) is 62.2 Å². The van der Waals surface area contributed by atoms with Crippen LogP contribution in [-0.4, -0.2) is 47.5 Å². The Kier molecular flexibility index (Phi) is 10.8. The molecule has 2 N–H and O–H groups in total. The number of phenols is 2. The van der Waals surface area contributed by atoms with Crippen molar-refractivity contribution in [1.29, 1.82) is 0 Å². The molecule has 2 atom stereocenters. The Labute approximate surface area is 210 Å². The molecule has 1 saturated heterocycles. The fourth-order valence-corrected chi connectivity index (χ4v) is 4.26. The van der Waals surface area contributed by atoms with Gasteiger partial charge >= 0.3 is 0 Å². The van der Waals surface area contributed by atoms with Gasteiger partial charge in [0.2, 0.25) is 0 Å². The van der Waals surface area contributed by atoms with E-state index in [0.717, 1.165) is 36.6 Å². The number of piperidine rings is 1. The maximum absolute atomic E-state index is 9.25. The minimum atomic E-state index is 0.278. The van der Waals surface area contributed by atoms with Gasteiger partial charge in [-0.25, -0.2) is 0 Å². The summed E-state index contributed by atoms with van der Waals surface area (Å²) in [5.74, 6) is 3.05. The van der Waals surface area contributed by atoms with Crippen molar-refractivity contribution in [3.8, 4) is 23.0 Å². The number of rotatable bonds is 4. The molecule has 0 bridgehead atoms. The molecule has 0 aliphatic carbocycles.